The number of hydrogen-bond donors (Lipinski definition) is 2. The molecule has 0 saturated heterocycles. The van der Waals surface area contributed by atoms with E-state index in [4.69, 9.17) is 5.73 Å². The summed E-state index contributed by atoms with van der Waals surface area (Å²) in [6.07, 6.45) is 3.30. The molecule has 0 aliphatic rings. The van der Waals surface area contributed by atoms with Crippen LogP contribution in [-0.2, 0) is 0 Å². The third kappa shape index (κ3) is 6.70. The molecule has 0 atom stereocenters. The molecular weight excluding hydrogens is 236 g/mol. The van der Waals surface area contributed by atoms with Crippen LogP contribution in [0.1, 0.15) is 26.2 Å². The van der Waals surface area contributed by atoms with E-state index in [9.17, 15) is 0 Å². The molecule has 4 heteroatoms. The fraction of sp³-hybridized carbons (Fsp3) is 0.533. The van der Waals surface area contributed by atoms with E-state index in [0.717, 1.165) is 32.5 Å². The fourth-order valence-electron chi connectivity index (χ4n) is 1.77. The second-order valence-corrected chi connectivity index (χ2v) is 4.66. The summed E-state index contributed by atoms with van der Waals surface area (Å²) in [6, 6.07) is 10.4. The molecule has 19 heavy (non-hydrogen) atoms. The molecule has 0 aliphatic heterocycles. The van der Waals surface area contributed by atoms with Crippen molar-refractivity contribution in [3.8, 4) is 0 Å². The lowest BCUT2D eigenvalue weighted by atomic mass is 10.3. The molecule has 1 aromatic carbocycles. The molecule has 0 aliphatic carbocycles. The van der Waals surface area contributed by atoms with Gasteiger partial charge in [-0.15, -0.1) is 0 Å². The zero-order chi connectivity index (χ0) is 13.9. The molecule has 1 aromatic rings. The van der Waals surface area contributed by atoms with Crippen LogP contribution in [0.4, 0.5) is 5.69 Å². The summed E-state index contributed by atoms with van der Waals surface area (Å²) in [5, 5.41) is 3.12. The lowest BCUT2D eigenvalue weighted by Gasteiger charge is -2.18. The number of benzene rings is 1. The number of nitrogens with one attached hydrogen (secondary N) is 1. The summed E-state index contributed by atoms with van der Waals surface area (Å²) in [7, 11) is 2.10. The van der Waals surface area contributed by atoms with Crippen LogP contribution in [0.2, 0.25) is 0 Å². The predicted octanol–water partition coefficient (Wildman–Crippen LogP) is 2.22. The van der Waals surface area contributed by atoms with E-state index in [2.05, 4.69) is 53.4 Å². The minimum Gasteiger partial charge on any atom is -0.375 e. The second kappa shape index (κ2) is 9.25. The highest BCUT2D eigenvalue weighted by Crippen LogP contribution is 2.10. The van der Waals surface area contributed by atoms with Crippen molar-refractivity contribution >= 4 is 11.6 Å². The molecule has 0 heterocycles. The highest BCUT2D eigenvalue weighted by Gasteiger charge is 1.98. The first-order valence-electron chi connectivity index (χ1n) is 7.04. The molecule has 0 saturated carbocycles. The van der Waals surface area contributed by atoms with Crippen LogP contribution in [0.3, 0.4) is 0 Å². The number of para-hydroxylation sites is 1. The summed E-state index contributed by atoms with van der Waals surface area (Å²) in [5.41, 5.74) is 7.00. The first-order valence-corrected chi connectivity index (χ1v) is 7.04. The summed E-state index contributed by atoms with van der Waals surface area (Å²) in [4.78, 5) is 6.55. The fourth-order valence-corrected chi connectivity index (χ4v) is 1.77. The average Bonchev–Trinajstić information content (AvgIpc) is 2.44. The van der Waals surface area contributed by atoms with E-state index in [-0.39, 0.29) is 0 Å². The topological polar surface area (TPSA) is 53.6 Å². The Labute approximate surface area is 116 Å². The van der Waals surface area contributed by atoms with E-state index >= 15 is 0 Å². The van der Waals surface area contributed by atoms with Gasteiger partial charge in [-0.25, -0.2) is 0 Å². The van der Waals surface area contributed by atoms with Crippen molar-refractivity contribution in [2.45, 2.75) is 26.2 Å². The number of guanidine groups is 1. The maximum Gasteiger partial charge on any atom is 0.188 e. The third-order valence-corrected chi connectivity index (χ3v) is 2.97. The van der Waals surface area contributed by atoms with Crippen LogP contribution in [-0.4, -0.2) is 32.6 Å². The lowest BCUT2D eigenvalue weighted by molar-refractivity contribution is 0.742. The Morgan fingerprint density at radius 2 is 2.00 bits per heavy atom. The van der Waals surface area contributed by atoms with E-state index in [1.807, 2.05) is 6.07 Å². The first-order chi connectivity index (χ1) is 9.24. The first kappa shape index (κ1) is 15.3. The molecule has 0 radical (unpaired) electrons. The van der Waals surface area contributed by atoms with Crippen molar-refractivity contribution in [1.29, 1.82) is 0 Å². The summed E-state index contributed by atoms with van der Waals surface area (Å²) in [6.45, 7) is 4.82. The Morgan fingerprint density at radius 3 is 2.68 bits per heavy atom. The van der Waals surface area contributed by atoms with Gasteiger partial charge in [0.1, 0.15) is 0 Å². The molecule has 0 unspecified atom stereocenters. The minimum absolute atomic E-state index is 0.566. The molecule has 4 nitrogen and oxygen atoms in total. The Morgan fingerprint density at radius 1 is 1.26 bits per heavy atom. The normalized spacial score (nSPS) is 11.4. The van der Waals surface area contributed by atoms with Crippen LogP contribution in [0.5, 0.6) is 0 Å². The molecule has 0 amide bonds. The smallest absolute Gasteiger partial charge is 0.188 e. The lowest BCUT2D eigenvalue weighted by Crippen LogP contribution is -2.32. The van der Waals surface area contributed by atoms with Crippen molar-refractivity contribution in [2.75, 3.05) is 31.6 Å². The minimum atomic E-state index is 0.566. The van der Waals surface area contributed by atoms with Crippen molar-refractivity contribution in [1.82, 2.24) is 5.32 Å². The Bertz CT molecular complexity index is 362. The zero-order valence-electron chi connectivity index (χ0n) is 12.1. The third-order valence-electron chi connectivity index (χ3n) is 2.97. The van der Waals surface area contributed by atoms with E-state index in [1.54, 1.807) is 0 Å². The molecule has 0 bridgehead atoms. The van der Waals surface area contributed by atoms with Gasteiger partial charge in [0.05, 0.1) is 0 Å². The van der Waals surface area contributed by atoms with Gasteiger partial charge in [0, 0.05) is 32.4 Å². The van der Waals surface area contributed by atoms with Crippen molar-refractivity contribution in [3.63, 3.8) is 0 Å². The summed E-state index contributed by atoms with van der Waals surface area (Å²) in [5.74, 6) is 0.566. The quantitative estimate of drug-likeness (QED) is 0.429. The molecule has 106 valence electrons. The molecular formula is C15H26N4. The van der Waals surface area contributed by atoms with Crippen LogP contribution in [0, 0.1) is 0 Å². The predicted molar refractivity (Wildman–Crippen MR) is 83.7 cm³/mol. The highest BCUT2D eigenvalue weighted by molar-refractivity contribution is 5.77. The van der Waals surface area contributed by atoms with Gasteiger partial charge in [-0.3, -0.25) is 4.99 Å². The highest BCUT2D eigenvalue weighted by atomic mass is 15.1. The second-order valence-electron chi connectivity index (χ2n) is 4.66. The van der Waals surface area contributed by atoms with Gasteiger partial charge in [-0.2, -0.15) is 0 Å². The number of anilines is 1. The Hall–Kier alpha value is -1.71. The summed E-state index contributed by atoms with van der Waals surface area (Å²) < 4.78 is 0. The number of nitrogens with two attached hydrogens (primary N) is 1. The maximum atomic E-state index is 5.77. The Balaban J connectivity index is 2.18. The van der Waals surface area contributed by atoms with Gasteiger partial charge in [0.25, 0.3) is 0 Å². The van der Waals surface area contributed by atoms with E-state index < -0.39 is 0 Å². The number of hydrogen-bond acceptors (Lipinski definition) is 2. The average molecular weight is 262 g/mol. The van der Waals surface area contributed by atoms with Crippen LogP contribution in [0.25, 0.3) is 0 Å². The van der Waals surface area contributed by atoms with Crippen LogP contribution in [0.15, 0.2) is 35.3 Å². The number of nitrogens with zero attached hydrogens (tertiary/aromatic N) is 2. The summed E-state index contributed by atoms with van der Waals surface area (Å²) >= 11 is 0. The molecule has 1 rings (SSSR count). The van der Waals surface area contributed by atoms with E-state index in [0.29, 0.717) is 5.96 Å². The SMILES string of the molecule is CCCCNC(N)=NCCCN(C)c1ccccc1. The van der Waals surface area contributed by atoms with Crippen molar-refractivity contribution in [2.24, 2.45) is 10.7 Å². The maximum absolute atomic E-state index is 5.77. The number of rotatable bonds is 8. The van der Waals surface area contributed by atoms with Gasteiger partial charge in [0.2, 0.25) is 0 Å². The zero-order valence-corrected chi connectivity index (χ0v) is 12.1. The molecule has 0 aromatic heterocycles. The Kier molecular flexibility index (Phi) is 7.47. The van der Waals surface area contributed by atoms with Gasteiger partial charge in [-0.1, -0.05) is 31.5 Å². The number of aliphatic imine (C=N–C) groups is 1. The molecule has 0 spiro atoms. The van der Waals surface area contributed by atoms with Crippen LogP contribution >= 0.6 is 0 Å². The van der Waals surface area contributed by atoms with Gasteiger partial charge in [-0.05, 0) is 25.0 Å². The molecule has 3 N–H and O–H groups in total. The molecule has 0 fully saturated rings. The van der Waals surface area contributed by atoms with Crippen molar-refractivity contribution < 1.29 is 0 Å². The standard InChI is InChI=1S/C15H26N4/c1-3-4-11-17-15(16)18-12-8-13-19(2)14-9-6-5-7-10-14/h5-7,9-10H,3-4,8,11-13H2,1-2H3,(H3,16,17,18). The largest absolute Gasteiger partial charge is 0.375 e. The monoisotopic (exact) mass is 262 g/mol. The van der Waals surface area contributed by atoms with Gasteiger partial charge in [0.15, 0.2) is 5.96 Å². The van der Waals surface area contributed by atoms with Crippen molar-refractivity contribution in [3.05, 3.63) is 30.3 Å². The van der Waals surface area contributed by atoms with Crippen LogP contribution < -0.4 is 16.0 Å². The number of unbranched alkanes of at least 4 members (excludes halogenated alkanes) is 1. The van der Waals surface area contributed by atoms with Gasteiger partial charge >= 0.3 is 0 Å². The van der Waals surface area contributed by atoms with E-state index in [1.165, 1.54) is 12.1 Å². The van der Waals surface area contributed by atoms with Gasteiger partial charge < -0.3 is 16.0 Å².